The number of methoxy groups -OCH3 is 1. The van der Waals surface area contributed by atoms with Crippen LogP contribution >= 0.6 is 0 Å². The summed E-state index contributed by atoms with van der Waals surface area (Å²) < 4.78 is 4.70. The average molecular weight is 399 g/mol. The molecule has 1 aromatic carbocycles. The Morgan fingerprint density at radius 1 is 1.24 bits per heavy atom. The molecule has 3 rings (SSSR count). The molecule has 0 bridgehead atoms. The number of likely N-dealkylation sites (tertiary alicyclic amines) is 1. The zero-order valence-electron chi connectivity index (χ0n) is 17.6. The third-order valence-electron chi connectivity index (χ3n) is 5.45. The molecule has 1 saturated heterocycles. The molecule has 2 amide bonds. The van der Waals surface area contributed by atoms with Gasteiger partial charge in [0.05, 0.1) is 25.0 Å². The van der Waals surface area contributed by atoms with Gasteiger partial charge in [0.2, 0.25) is 5.91 Å². The van der Waals surface area contributed by atoms with Crippen molar-refractivity contribution in [2.24, 2.45) is 5.92 Å². The van der Waals surface area contributed by atoms with E-state index in [2.05, 4.69) is 46.5 Å². The van der Waals surface area contributed by atoms with Crippen LogP contribution in [0.5, 0.6) is 0 Å². The quantitative estimate of drug-likeness (QED) is 0.801. The topological polar surface area (TPSA) is 87.3 Å². The molecule has 29 heavy (non-hydrogen) atoms. The van der Waals surface area contributed by atoms with Crippen LogP contribution in [0.15, 0.2) is 30.5 Å². The normalized spacial score (nSPS) is 17.8. The van der Waals surface area contributed by atoms with Gasteiger partial charge in [-0.3, -0.25) is 4.79 Å². The van der Waals surface area contributed by atoms with E-state index in [1.54, 1.807) is 0 Å². The van der Waals surface area contributed by atoms with E-state index in [4.69, 9.17) is 4.74 Å². The maximum atomic E-state index is 13.3. The Hall–Kier alpha value is -2.83. The molecule has 7 heteroatoms. The molecule has 1 fully saturated rings. The number of piperidine rings is 1. The van der Waals surface area contributed by atoms with Crippen molar-refractivity contribution in [3.63, 3.8) is 0 Å². The molecule has 0 aliphatic carbocycles. The minimum Gasteiger partial charge on any atom is -0.453 e. The van der Waals surface area contributed by atoms with Crippen molar-refractivity contribution in [1.82, 2.24) is 20.2 Å². The monoisotopic (exact) mass is 398 g/mol. The Bertz CT molecular complexity index is 844. The summed E-state index contributed by atoms with van der Waals surface area (Å²) in [6, 6.07) is 7.50. The minimum atomic E-state index is -0.630. The van der Waals surface area contributed by atoms with Gasteiger partial charge in [0, 0.05) is 6.54 Å². The van der Waals surface area contributed by atoms with Crippen LogP contribution in [-0.2, 0) is 9.53 Å². The zero-order valence-corrected chi connectivity index (χ0v) is 17.6. The summed E-state index contributed by atoms with van der Waals surface area (Å²) in [4.78, 5) is 34.9. The number of carbonyl (C=O) groups excluding carboxylic acids is 2. The van der Waals surface area contributed by atoms with E-state index in [9.17, 15) is 9.59 Å². The van der Waals surface area contributed by atoms with Gasteiger partial charge in [0.15, 0.2) is 0 Å². The number of benzene rings is 1. The van der Waals surface area contributed by atoms with Crippen LogP contribution in [0.3, 0.4) is 0 Å². The molecular formula is C22H30N4O3. The van der Waals surface area contributed by atoms with Gasteiger partial charge in [-0.1, -0.05) is 43.7 Å². The molecule has 2 N–H and O–H groups in total. The Labute approximate surface area is 171 Å². The summed E-state index contributed by atoms with van der Waals surface area (Å²) in [5.74, 6) is 0.640. The molecule has 2 atom stereocenters. The second-order valence-corrected chi connectivity index (χ2v) is 7.95. The molecule has 0 saturated carbocycles. The summed E-state index contributed by atoms with van der Waals surface area (Å²) in [6.45, 7) is 6.54. The zero-order chi connectivity index (χ0) is 21.0. The summed E-state index contributed by atoms with van der Waals surface area (Å²) in [5, 5.41) is 2.69. The molecule has 0 spiro atoms. The standard InChI is InChI=1S/C22H30N4O3/c1-14(2)19(25-22(28)29-4)21(27)26-12-6-5-7-18(26)20-23-13-17(24-20)16-10-8-15(3)9-11-16/h8-11,13-14,18-19H,5-7,12H2,1-4H3,(H,23,24)(H,25,28)/t18-,19-/m0/s1. The smallest absolute Gasteiger partial charge is 0.407 e. The van der Waals surface area contributed by atoms with Crippen LogP contribution < -0.4 is 5.32 Å². The molecule has 2 aromatic rings. The number of aryl methyl sites for hydroxylation is 1. The van der Waals surface area contributed by atoms with Crippen molar-refractivity contribution >= 4 is 12.0 Å². The second-order valence-electron chi connectivity index (χ2n) is 7.95. The van der Waals surface area contributed by atoms with Gasteiger partial charge in [-0.05, 0) is 37.7 Å². The first-order valence-corrected chi connectivity index (χ1v) is 10.2. The summed E-state index contributed by atoms with van der Waals surface area (Å²) in [5.41, 5.74) is 3.21. The van der Waals surface area contributed by atoms with Gasteiger partial charge in [0.25, 0.3) is 0 Å². The maximum Gasteiger partial charge on any atom is 0.407 e. The number of amides is 2. The highest BCUT2D eigenvalue weighted by Crippen LogP contribution is 2.31. The van der Waals surface area contributed by atoms with Gasteiger partial charge >= 0.3 is 6.09 Å². The summed E-state index contributed by atoms with van der Waals surface area (Å²) in [7, 11) is 1.30. The average Bonchev–Trinajstić information content (AvgIpc) is 3.21. The highest BCUT2D eigenvalue weighted by Gasteiger charge is 2.36. The van der Waals surface area contributed by atoms with Gasteiger partial charge in [-0.2, -0.15) is 0 Å². The number of aromatic nitrogens is 2. The number of rotatable bonds is 5. The molecule has 1 aromatic heterocycles. The molecule has 0 radical (unpaired) electrons. The number of hydrogen-bond donors (Lipinski definition) is 2. The van der Waals surface area contributed by atoms with E-state index in [1.165, 1.54) is 12.7 Å². The van der Waals surface area contributed by atoms with E-state index in [1.807, 2.05) is 24.9 Å². The van der Waals surface area contributed by atoms with Gasteiger partial charge < -0.3 is 19.9 Å². The van der Waals surface area contributed by atoms with Gasteiger partial charge in [-0.15, -0.1) is 0 Å². The number of imidazole rings is 1. The highest BCUT2D eigenvalue weighted by atomic mass is 16.5. The lowest BCUT2D eigenvalue weighted by atomic mass is 9.97. The Morgan fingerprint density at radius 3 is 2.62 bits per heavy atom. The molecule has 7 nitrogen and oxygen atoms in total. The molecule has 1 aliphatic rings. The third-order valence-corrected chi connectivity index (χ3v) is 5.45. The minimum absolute atomic E-state index is 0.0519. The van der Waals surface area contributed by atoms with Crippen LogP contribution in [-0.4, -0.2) is 46.6 Å². The second kappa shape index (κ2) is 9.11. The van der Waals surface area contributed by atoms with Crippen molar-refractivity contribution < 1.29 is 14.3 Å². The van der Waals surface area contributed by atoms with E-state index in [0.717, 1.165) is 36.3 Å². The predicted molar refractivity (Wildman–Crippen MR) is 111 cm³/mol. The Kier molecular flexibility index (Phi) is 6.56. The van der Waals surface area contributed by atoms with E-state index in [-0.39, 0.29) is 17.9 Å². The van der Waals surface area contributed by atoms with Crippen LogP contribution in [0.25, 0.3) is 11.3 Å². The van der Waals surface area contributed by atoms with Gasteiger partial charge in [-0.25, -0.2) is 9.78 Å². The fourth-order valence-electron chi connectivity index (χ4n) is 3.74. The lowest BCUT2D eigenvalue weighted by molar-refractivity contribution is -0.138. The van der Waals surface area contributed by atoms with Gasteiger partial charge in [0.1, 0.15) is 11.9 Å². The lowest BCUT2D eigenvalue weighted by Gasteiger charge is -2.37. The first-order valence-electron chi connectivity index (χ1n) is 10.2. The molecule has 1 aliphatic heterocycles. The van der Waals surface area contributed by atoms with Crippen molar-refractivity contribution in [2.75, 3.05) is 13.7 Å². The largest absolute Gasteiger partial charge is 0.453 e. The molecule has 0 unspecified atom stereocenters. The number of ether oxygens (including phenoxy) is 1. The summed E-state index contributed by atoms with van der Waals surface area (Å²) >= 11 is 0. The van der Waals surface area contributed by atoms with Crippen LogP contribution in [0, 0.1) is 12.8 Å². The number of nitrogens with zero attached hydrogens (tertiary/aromatic N) is 2. The van der Waals surface area contributed by atoms with E-state index >= 15 is 0 Å². The molecule has 2 heterocycles. The first-order chi connectivity index (χ1) is 13.9. The number of nitrogens with one attached hydrogen (secondary N) is 2. The van der Waals surface area contributed by atoms with Crippen molar-refractivity contribution in [1.29, 1.82) is 0 Å². The van der Waals surface area contributed by atoms with Crippen LogP contribution in [0.4, 0.5) is 4.79 Å². The lowest BCUT2D eigenvalue weighted by Crippen LogP contribution is -2.53. The van der Waals surface area contributed by atoms with Crippen LogP contribution in [0.1, 0.15) is 50.5 Å². The Morgan fingerprint density at radius 2 is 1.97 bits per heavy atom. The van der Waals surface area contributed by atoms with Crippen molar-refractivity contribution in [3.05, 3.63) is 41.9 Å². The number of alkyl carbamates (subject to hydrolysis) is 1. The molecule has 156 valence electrons. The summed E-state index contributed by atoms with van der Waals surface area (Å²) in [6.07, 6.45) is 4.05. The number of H-pyrrole nitrogens is 1. The third kappa shape index (κ3) is 4.78. The first kappa shape index (κ1) is 20.9. The maximum absolute atomic E-state index is 13.3. The number of aromatic amines is 1. The SMILES string of the molecule is COC(=O)N[C@H](C(=O)N1CCCC[C@H]1c1ncc(-c2ccc(C)cc2)[nH]1)C(C)C. The molecular weight excluding hydrogens is 368 g/mol. The van der Waals surface area contributed by atoms with Crippen molar-refractivity contribution in [2.45, 2.75) is 52.1 Å². The fraction of sp³-hybridized carbons (Fsp3) is 0.500. The number of carbonyl (C=O) groups is 2. The van der Waals surface area contributed by atoms with E-state index in [0.29, 0.717) is 6.54 Å². The van der Waals surface area contributed by atoms with E-state index < -0.39 is 12.1 Å². The predicted octanol–water partition coefficient (Wildman–Crippen LogP) is 3.82. The van der Waals surface area contributed by atoms with Crippen molar-refractivity contribution in [3.8, 4) is 11.3 Å². The van der Waals surface area contributed by atoms with Crippen LogP contribution in [0.2, 0.25) is 0 Å². The highest BCUT2D eigenvalue weighted by molar-refractivity contribution is 5.86. The Balaban J connectivity index is 1.83. The fourth-order valence-corrected chi connectivity index (χ4v) is 3.74. The number of hydrogen-bond acceptors (Lipinski definition) is 4.